The zero-order valence-electron chi connectivity index (χ0n) is 17.0. The van der Waals surface area contributed by atoms with Crippen molar-refractivity contribution >= 4 is 23.4 Å². The van der Waals surface area contributed by atoms with Crippen LogP contribution in [0.2, 0.25) is 0 Å². The first kappa shape index (κ1) is 20.6. The second-order valence-electron chi connectivity index (χ2n) is 7.51. The van der Waals surface area contributed by atoms with E-state index in [1.807, 2.05) is 30.8 Å². The average Bonchev–Trinajstić information content (AvgIpc) is 2.72. The molecule has 0 saturated carbocycles. The Kier molecular flexibility index (Phi) is 7.26. The Morgan fingerprint density at radius 2 is 1.86 bits per heavy atom. The molecule has 1 saturated heterocycles. The molecule has 5 heteroatoms. The third-order valence-electron chi connectivity index (χ3n) is 5.04. The van der Waals surface area contributed by atoms with Crippen LogP contribution in [0.1, 0.15) is 36.5 Å². The first-order valence-electron chi connectivity index (χ1n) is 9.94. The van der Waals surface area contributed by atoms with Crippen molar-refractivity contribution in [3.05, 3.63) is 59.2 Å². The summed E-state index contributed by atoms with van der Waals surface area (Å²) >= 11 is 2.01. The average molecular weight is 399 g/mol. The van der Waals surface area contributed by atoms with Crippen molar-refractivity contribution in [2.75, 3.05) is 36.1 Å². The van der Waals surface area contributed by atoms with Gasteiger partial charge in [0.15, 0.2) is 6.61 Å². The molecule has 1 N–H and O–H groups in total. The van der Waals surface area contributed by atoms with Crippen LogP contribution in [0, 0.1) is 6.92 Å². The van der Waals surface area contributed by atoms with E-state index in [2.05, 4.69) is 54.4 Å². The summed E-state index contributed by atoms with van der Waals surface area (Å²) < 4.78 is 5.76. The molecular weight excluding hydrogens is 368 g/mol. The van der Waals surface area contributed by atoms with Crippen LogP contribution in [0.3, 0.4) is 0 Å². The van der Waals surface area contributed by atoms with E-state index in [9.17, 15) is 4.79 Å². The van der Waals surface area contributed by atoms with Gasteiger partial charge in [-0.15, -0.1) is 0 Å². The van der Waals surface area contributed by atoms with Gasteiger partial charge < -0.3 is 15.0 Å². The Bertz CT molecular complexity index is 784. The monoisotopic (exact) mass is 398 g/mol. The van der Waals surface area contributed by atoms with Gasteiger partial charge in [0.2, 0.25) is 0 Å². The largest absolute Gasteiger partial charge is 0.483 e. The maximum absolute atomic E-state index is 12.2. The number of ether oxygens (including phenoxy) is 1. The lowest BCUT2D eigenvalue weighted by Crippen LogP contribution is -2.32. The van der Waals surface area contributed by atoms with Crippen molar-refractivity contribution < 1.29 is 9.53 Å². The number of hydrogen-bond acceptors (Lipinski definition) is 4. The van der Waals surface area contributed by atoms with E-state index in [1.54, 1.807) is 0 Å². The highest BCUT2D eigenvalue weighted by Gasteiger charge is 2.11. The molecule has 0 atom stereocenters. The fraction of sp³-hybridized carbons (Fsp3) is 0.435. The fourth-order valence-corrected chi connectivity index (χ4v) is 4.08. The summed E-state index contributed by atoms with van der Waals surface area (Å²) in [6.45, 7) is 9.06. The molecule has 2 aromatic rings. The van der Waals surface area contributed by atoms with Crippen molar-refractivity contribution in [1.29, 1.82) is 0 Å². The number of nitrogens with one attached hydrogen (secondary N) is 1. The molecule has 150 valence electrons. The molecule has 4 nitrogen and oxygen atoms in total. The Balaban J connectivity index is 1.47. The van der Waals surface area contributed by atoms with Crippen LogP contribution >= 0.6 is 11.8 Å². The predicted octanol–water partition coefficient (Wildman–Crippen LogP) is 4.37. The van der Waals surface area contributed by atoms with Crippen LogP contribution in [-0.2, 0) is 11.3 Å². The molecule has 0 unspecified atom stereocenters. The van der Waals surface area contributed by atoms with E-state index < -0.39 is 0 Å². The highest BCUT2D eigenvalue weighted by Crippen LogP contribution is 2.24. The molecule has 0 bridgehead atoms. The SMILES string of the molecule is Cc1ccc(C(C)C)cc1OCC(=O)NCc1ccc(N2CCSCC2)cc1. The zero-order chi connectivity index (χ0) is 19.9. The number of carbonyl (C=O) groups excluding carboxylic acids is 1. The van der Waals surface area contributed by atoms with E-state index >= 15 is 0 Å². The number of thioether (sulfide) groups is 1. The molecule has 2 aromatic carbocycles. The first-order chi connectivity index (χ1) is 13.5. The number of hydrogen-bond donors (Lipinski definition) is 1. The summed E-state index contributed by atoms with van der Waals surface area (Å²) in [6, 6.07) is 14.7. The van der Waals surface area contributed by atoms with Gasteiger partial charge in [0.25, 0.3) is 5.91 Å². The maximum Gasteiger partial charge on any atom is 0.258 e. The minimum atomic E-state index is -0.105. The number of amides is 1. The highest BCUT2D eigenvalue weighted by atomic mass is 32.2. The number of carbonyl (C=O) groups is 1. The smallest absolute Gasteiger partial charge is 0.258 e. The maximum atomic E-state index is 12.2. The van der Waals surface area contributed by atoms with Gasteiger partial charge in [-0.3, -0.25) is 4.79 Å². The Labute approximate surface area is 172 Å². The van der Waals surface area contributed by atoms with Crippen LogP contribution in [0.5, 0.6) is 5.75 Å². The van der Waals surface area contributed by atoms with Crippen LogP contribution < -0.4 is 15.0 Å². The van der Waals surface area contributed by atoms with Crippen molar-refractivity contribution in [1.82, 2.24) is 5.32 Å². The van der Waals surface area contributed by atoms with Gasteiger partial charge in [-0.1, -0.05) is 38.1 Å². The zero-order valence-corrected chi connectivity index (χ0v) is 17.8. The van der Waals surface area contributed by atoms with Gasteiger partial charge in [-0.05, 0) is 47.7 Å². The molecule has 1 fully saturated rings. The van der Waals surface area contributed by atoms with Gasteiger partial charge in [-0.2, -0.15) is 11.8 Å². The molecule has 0 spiro atoms. The molecule has 28 heavy (non-hydrogen) atoms. The lowest BCUT2D eigenvalue weighted by molar-refractivity contribution is -0.123. The molecular formula is C23H30N2O2S. The van der Waals surface area contributed by atoms with E-state index in [0.717, 1.165) is 30.0 Å². The number of anilines is 1. The highest BCUT2D eigenvalue weighted by molar-refractivity contribution is 7.99. The van der Waals surface area contributed by atoms with Crippen molar-refractivity contribution in [3.8, 4) is 5.75 Å². The van der Waals surface area contributed by atoms with Gasteiger partial charge in [0.1, 0.15) is 5.75 Å². The Hall–Kier alpha value is -2.14. The van der Waals surface area contributed by atoms with Gasteiger partial charge in [0, 0.05) is 36.8 Å². The van der Waals surface area contributed by atoms with Crippen molar-refractivity contribution in [3.63, 3.8) is 0 Å². The van der Waals surface area contributed by atoms with Crippen molar-refractivity contribution in [2.24, 2.45) is 0 Å². The summed E-state index contributed by atoms with van der Waals surface area (Å²) in [5, 5.41) is 2.94. The van der Waals surface area contributed by atoms with Crippen LogP contribution in [-0.4, -0.2) is 37.1 Å². The fourth-order valence-electron chi connectivity index (χ4n) is 3.17. The molecule has 0 aromatic heterocycles. The number of benzene rings is 2. The Morgan fingerprint density at radius 3 is 2.54 bits per heavy atom. The van der Waals surface area contributed by atoms with Crippen LogP contribution in [0.15, 0.2) is 42.5 Å². The second-order valence-corrected chi connectivity index (χ2v) is 8.74. The van der Waals surface area contributed by atoms with Gasteiger partial charge >= 0.3 is 0 Å². The molecule has 1 aliphatic rings. The van der Waals surface area contributed by atoms with E-state index in [-0.39, 0.29) is 12.5 Å². The molecule has 1 amide bonds. The van der Waals surface area contributed by atoms with E-state index in [1.165, 1.54) is 22.8 Å². The third kappa shape index (κ3) is 5.68. The molecule has 1 aliphatic heterocycles. The normalized spacial score (nSPS) is 14.2. The minimum absolute atomic E-state index is 0.0336. The summed E-state index contributed by atoms with van der Waals surface area (Å²) in [6.07, 6.45) is 0. The Morgan fingerprint density at radius 1 is 1.14 bits per heavy atom. The lowest BCUT2D eigenvalue weighted by atomic mass is 10.0. The van der Waals surface area contributed by atoms with Gasteiger partial charge in [0.05, 0.1) is 0 Å². The quantitative estimate of drug-likeness (QED) is 0.752. The summed E-state index contributed by atoms with van der Waals surface area (Å²) in [5.74, 6) is 3.50. The number of nitrogens with zero attached hydrogens (tertiary/aromatic N) is 1. The third-order valence-corrected chi connectivity index (χ3v) is 5.98. The summed E-state index contributed by atoms with van der Waals surface area (Å²) in [4.78, 5) is 14.6. The first-order valence-corrected chi connectivity index (χ1v) is 11.1. The summed E-state index contributed by atoms with van der Waals surface area (Å²) in [5.41, 5.74) is 4.62. The number of rotatable bonds is 7. The standard InChI is InChI=1S/C23H30N2O2S/c1-17(2)20-7-4-18(3)22(14-20)27-16-23(26)24-15-19-5-8-21(9-6-19)25-10-12-28-13-11-25/h4-9,14,17H,10-13,15-16H2,1-3H3,(H,24,26). The molecule has 0 aliphatic carbocycles. The van der Waals surface area contributed by atoms with Crippen LogP contribution in [0.4, 0.5) is 5.69 Å². The summed E-state index contributed by atoms with van der Waals surface area (Å²) in [7, 11) is 0. The lowest BCUT2D eigenvalue weighted by Gasteiger charge is -2.28. The van der Waals surface area contributed by atoms with Gasteiger partial charge in [-0.25, -0.2) is 0 Å². The molecule has 1 heterocycles. The van der Waals surface area contributed by atoms with Crippen LogP contribution in [0.25, 0.3) is 0 Å². The van der Waals surface area contributed by atoms with E-state index in [0.29, 0.717) is 12.5 Å². The number of aryl methyl sites for hydroxylation is 1. The molecule has 3 rings (SSSR count). The molecule has 0 radical (unpaired) electrons. The second kappa shape index (κ2) is 9.87. The van der Waals surface area contributed by atoms with Crippen molar-refractivity contribution in [2.45, 2.75) is 33.2 Å². The van der Waals surface area contributed by atoms with E-state index in [4.69, 9.17) is 4.74 Å². The topological polar surface area (TPSA) is 41.6 Å². The minimum Gasteiger partial charge on any atom is -0.483 e. The predicted molar refractivity (Wildman–Crippen MR) is 119 cm³/mol.